The Hall–Kier alpha value is -3.07. The van der Waals surface area contributed by atoms with Crippen molar-refractivity contribution in [2.75, 3.05) is 7.11 Å². The molecule has 0 bridgehead atoms. The second-order valence-electron chi connectivity index (χ2n) is 5.56. The molecule has 2 rings (SSSR count). The summed E-state index contributed by atoms with van der Waals surface area (Å²) in [6, 6.07) is 11.7. The number of nitrogens with one attached hydrogen (secondary N) is 2. The van der Waals surface area contributed by atoms with Gasteiger partial charge in [0.05, 0.1) is 0 Å². The van der Waals surface area contributed by atoms with Crippen molar-refractivity contribution in [1.29, 1.82) is 5.41 Å². The topological polar surface area (TPSA) is 97.4 Å². The van der Waals surface area contributed by atoms with E-state index in [1.165, 1.54) is 19.2 Å². The van der Waals surface area contributed by atoms with E-state index < -0.39 is 18.4 Å². The highest BCUT2D eigenvalue weighted by Crippen LogP contribution is 2.25. The molecular formula is C18H18F3N3O3. The molecule has 0 aliphatic carbocycles. The van der Waals surface area contributed by atoms with Crippen LogP contribution >= 0.6 is 0 Å². The lowest BCUT2D eigenvalue weighted by Gasteiger charge is -2.16. The van der Waals surface area contributed by atoms with E-state index in [1.807, 2.05) is 0 Å². The van der Waals surface area contributed by atoms with Gasteiger partial charge in [-0.25, -0.2) is 0 Å². The number of rotatable bonds is 7. The molecule has 2 aromatic rings. The van der Waals surface area contributed by atoms with Gasteiger partial charge in [0, 0.05) is 19.2 Å². The van der Waals surface area contributed by atoms with Gasteiger partial charge >= 0.3 is 6.36 Å². The molecule has 0 saturated carbocycles. The molecule has 27 heavy (non-hydrogen) atoms. The number of hydrogen-bond donors (Lipinski definition) is 3. The van der Waals surface area contributed by atoms with Crippen molar-refractivity contribution >= 4 is 11.7 Å². The molecule has 144 valence electrons. The Kier molecular flexibility index (Phi) is 6.40. The Labute approximate surface area is 153 Å². The van der Waals surface area contributed by atoms with Crippen LogP contribution in [0.25, 0.3) is 0 Å². The first-order chi connectivity index (χ1) is 12.7. The SMILES string of the molecule is CO[C@H](C(=O)NCc1ccc(C(=N)N)cc1)c1ccc(OC(F)(F)F)cc1. The van der Waals surface area contributed by atoms with Crippen molar-refractivity contribution in [3.8, 4) is 5.75 Å². The summed E-state index contributed by atoms with van der Waals surface area (Å²) in [5.41, 5.74) is 7.12. The quantitative estimate of drug-likeness (QED) is 0.507. The molecule has 0 spiro atoms. The van der Waals surface area contributed by atoms with Crippen LogP contribution in [0.1, 0.15) is 22.8 Å². The molecule has 0 aliphatic heterocycles. The highest BCUT2D eigenvalue weighted by atomic mass is 19.4. The van der Waals surface area contributed by atoms with E-state index in [1.54, 1.807) is 24.3 Å². The van der Waals surface area contributed by atoms with Crippen molar-refractivity contribution in [2.24, 2.45) is 5.73 Å². The molecule has 4 N–H and O–H groups in total. The number of carbonyl (C=O) groups is 1. The molecular weight excluding hydrogens is 363 g/mol. The Balaban J connectivity index is 1.99. The van der Waals surface area contributed by atoms with Gasteiger partial charge in [0.25, 0.3) is 5.91 Å². The number of nitrogens with two attached hydrogens (primary N) is 1. The lowest BCUT2D eigenvalue weighted by atomic mass is 10.1. The van der Waals surface area contributed by atoms with Crippen molar-refractivity contribution in [2.45, 2.75) is 19.0 Å². The van der Waals surface area contributed by atoms with Crippen LogP contribution in [0.4, 0.5) is 13.2 Å². The van der Waals surface area contributed by atoms with Gasteiger partial charge in [-0.05, 0) is 23.3 Å². The van der Waals surface area contributed by atoms with Gasteiger partial charge in [-0.1, -0.05) is 36.4 Å². The fourth-order valence-corrected chi connectivity index (χ4v) is 2.32. The van der Waals surface area contributed by atoms with E-state index >= 15 is 0 Å². The monoisotopic (exact) mass is 381 g/mol. The van der Waals surface area contributed by atoms with Gasteiger partial charge < -0.3 is 20.5 Å². The molecule has 9 heteroatoms. The fraction of sp³-hybridized carbons (Fsp3) is 0.222. The van der Waals surface area contributed by atoms with E-state index in [0.29, 0.717) is 11.1 Å². The predicted octanol–water partition coefficient (Wildman–Crippen LogP) is 2.87. The Morgan fingerprint density at radius 2 is 1.74 bits per heavy atom. The van der Waals surface area contributed by atoms with Crippen LogP contribution in [-0.2, 0) is 16.1 Å². The lowest BCUT2D eigenvalue weighted by molar-refractivity contribution is -0.274. The zero-order chi connectivity index (χ0) is 20.0. The van der Waals surface area contributed by atoms with E-state index in [0.717, 1.165) is 17.7 Å². The molecule has 2 aromatic carbocycles. The van der Waals surface area contributed by atoms with Crippen LogP contribution in [0.5, 0.6) is 5.75 Å². The van der Waals surface area contributed by atoms with Crippen LogP contribution < -0.4 is 15.8 Å². The molecule has 0 aromatic heterocycles. The molecule has 0 fully saturated rings. The van der Waals surface area contributed by atoms with Gasteiger partial charge in [0.2, 0.25) is 0 Å². The number of benzene rings is 2. The zero-order valence-electron chi connectivity index (χ0n) is 14.3. The number of methoxy groups -OCH3 is 1. The largest absolute Gasteiger partial charge is 0.573 e. The van der Waals surface area contributed by atoms with Crippen LogP contribution in [0, 0.1) is 5.41 Å². The van der Waals surface area contributed by atoms with Gasteiger partial charge in [-0.15, -0.1) is 13.2 Å². The average molecular weight is 381 g/mol. The van der Waals surface area contributed by atoms with Crippen LogP contribution in [0.3, 0.4) is 0 Å². The maximum atomic E-state index is 12.3. The van der Waals surface area contributed by atoms with Crippen LogP contribution in [0.15, 0.2) is 48.5 Å². The Bertz CT molecular complexity index is 790. The molecule has 0 radical (unpaired) electrons. The van der Waals surface area contributed by atoms with E-state index in [4.69, 9.17) is 15.9 Å². The summed E-state index contributed by atoms with van der Waals surface area (Å²) in [7, 11) is 1.33. The smallest absolute Gasteiger partial charge is 0.406 e. The van der Waals surface area contributed by atoms with E-state index in [2.05, 4.69) is 10.1 Å². The number of nitrogen functional groups attached to an aromatic ring is 1. The summed E-state index contributed by atoms with van der Waals surface area (Å²) < 4.78 is 45.5. The van der Waals surface area contributed by atoms with Gasteiger partial charge in [0.1, 0.15) is 11.6 Å². The minimum Gasteiger partial charge on any atom is -0.406 e. The normalized spacial score (nSPS) is 12.3. The highest BCUT2D eigenvalue weighted by Gasteiger charge is 2.31. The second kappa shape index (κ2) is 8.54. The minimum absolute atomic E-state index is 0.0528. The fourth-order valence-electron chi connectivity index (χ4n) is 2.32. The first-order valence-electron chi connectivity index (χ1n) is 7.79. The minimum atomic E-state index is -4.78. The van der Waals surface area contributed by atoms with Gasteiger partial charge in [-0.2, -0.15) is 0 Å². The van der Waals surface area contributed by atoms with Crippen LogP contribution in [-0.4, -0.2) is 25.2 Å². The molecule has 1 amide bonds. The average Bonchev–Trinajstić information content (AvgIpc) is 2.61. The summed E-state index contributed by atoms with van der Waals surface area (Å²) >= 11 is 0. The third-order valence-corrected chi connectivity index (χ3v) is 3.62. The van der Waals surface area contributed by atoms with Gasteiger partial charge in [0.15, 0.2) is 6.10 Å². The van der Waals surface area contributed by atoms with Gasteiger partial charge in [-0.3, -0.25) is 10.2 Å². The van der Waals surface area contributed by atoms with E-state index in [9.17, 15) is 18.0 Å². The van der Waals surface area contributed by atoms with Crippen molar-refractivity contribution in [1.82, 2.24) is 5.32 Å². The van der Waals surface area contributed by atoms with Crippen molar-refractivity contribution in [3.05, 3.63) is 65.2 Å². The standard InChI is InChI=1S/C18H18F3N3O3/c1-26-15(12-6-8-14(9-7-12)27-18(19,20)21)17(25)24-10-11-2-4-13(5-3-11)16(22)23/h2-9,15H,10H2,1H3,(H3,22,23)(H,24,25)/t15-/m0/s1. The van der Waals surface area contributed by atoms with Crippen molar-refractivity contribution in [3.63, 3.8) is 0 Å². The third-order valence-electron chi connectivity index (χ3n) is 3.62. The zero-order valence-corrected chi connectivity index (χ0v) is 14.3. The molecule has 0 unspecified atom stereocenters. The first kappa shape index (κ1) is 20.2. The molecule has 1 atom stereocenters. The number of amides is 1. The summed E-state index contributed by atoms with van der Waals surface area (Å²) in [6.07, 6.45) is -5.77. The first-order valence-corrected chi connectivity index (χ1v) is 7.79. The summed E-state index contributed by atoms with van der Waals surface area (Å²) in [6.45, 7) is 0.214. The summed E-state index contributed by atoms with van der Waals surface area (Å²) in [4.78, 5) is 12.3. The Morgan fingerprint density at radius 3 is 2.22 bits per heavy atom. The third kappa shape index (κ3) is 6.00. The predicted molar refractivity (Wildman–Crippen MR) is 92.2 cm³/mol. The highest BCUT2D eigenvalue weighted by molar-refractivity contribution is 5.94. The number of ether oxygens (including phenoxy) is 2. The molecule has 6 nitrogen and oxygen atoms in total. The number of amidine groups is 1. The molecule has 0 saturated heterocycles. The number of hydrogen-bond acceptors (Lipinski definition) is 4. The number of alkyl halides is 3. The van der Waals surface area contributed by atoms with E-state index in [-0.39, 0.29) is 18.1 Å². The lowest BCUT2D eigenvalue weighted by Crippen LogP contribution is -2.30. The number of carbonyl (C=O) groups excluding carboxylic acids is 1. The van der Waals surface area contributed by atoms with Crippen molar-refractivity contribution < 1.29 is 27.4 Å². The maximum Gasteiger partial charge on any atom is 0.573 e. The summed E-state index contributed by atoms with van der Waals surface area (Å²) in [5.74, 6) is -0.882. The molecule has 0 aliphatic rings. The molecule has 0 heterocycles. The number of halogens is 3. The van der Waals surface area contributed by atoms with Crippen LogP contribution in [0.2, 0.25) is 0 Å². The maximum absolute atomic E-state index is 12.3. The Morgan fingerprint density at radius 1 is 1.15 bits per heavy atom. The second-order valence-corrected chi connectivity index (χ2v) is 5.56. The summed E-state index contributed by atoms with van der Waals surface area (Å²) in [5, 5.41) is 10.0.